The maximum absolute atomic E-state index is 12.7. The number of fused-ring (bicyclic) bond motifs is 1. The number of piperidine rings is 1. The molecule has 2 heterocycles. The third-order valence-corrected chi connectivity index (χ3v) is 5.27. The molecule has 24 heavy (non-hydrogen) atoms. The predicted octanol–water partition coefficient (Wildman–Crippen LogP) is 2.08. The van der Waals surface area contributed by atoms with Crippen molar-refractivity contribution in [3.63, 3.8) is 0 Å². The molecule has 0 spiro atoms. The van der Waals surface area contributed by atoms with Gasteiger partial charge in [0, 0.05) is 30.6 Å². The van der Waals surface area contributed by atoms with Crippen LogP contribution in [0.15, 0.2) is 24.5 Å². The average molecular weight is 326 g/mol. The van der Waals surface area contributed by atoms with Crippen LogP contribution in [0.4, 0.5) is 0 Å². The SMILES string of the molecule is O=C(NC1CCN(C(=O)c2ccc3nc[nH]c3c2)CC1)C1CCC1. The minimum atomic E-state index is 0.0512. The Hall–Kier alpha value is -2.37. The average Bonchev–Trinajstić information content (AvgIpc) is 3.00. The van der Waals surface area contributed by atoms with E-state index in [0.29, 0.717) is 18.7 Å². The summed E-state index contributed by atoms with van der Waals surface area (Å²) in [5.74, 6) is 0.483. The van der Waals surface area contributed by atoms with Crippen LogP contribution in [0.2, 0.25) is 0 Å². The highest BCUT2D eigenvalue weighted by Gasteiger charge is 2.29. The second-order valence-corrected chi connectivity index (χ2v) is 6.84. The van der Waals surface area contributed by atoms with Crippen LogP contribution in [0.1, 0.15) is 42.5 Å². The number of imidazole rings is 1. The van der Waals surface area contributed by atoms with Crippen molar-refractivity contribution in [2.24, 2.45) is 5.92 Å². The van der Waals surface area contributed by atoms with Crippen LogP contribution in [-0.4, -0.2) is 45.8 Å². The van der Waals surface area contributed by atoms with Crippen molar-refractivity contribution in [3.05, 3.63) is 30.1 Å². The smallest absolute Gasteiger partial charge is 0.253 e. The fraction of sp³-hybridized carbons (Fsp3) is 0.500. The molecule has 0 bridgehead atoms. The van der Waals surface area contributed by atoms with E-state index in [2.05, 4.69) is 15.3 Å². The molecule has 6 heteroatoms. The molecule has 2 amide bonds. The van der Waals surface area contributed by atoms with Crippen LogP contribution in [0.25, 0.3) is 11.0 Å². The molecule has 0 radical (unpaired) electrons. The van der Waals surface area contributed by atoms with Gasteiger partial charge in [0.2, 0.25) is 5.91 Å². The van der Waals surface area contributed by atoms with Gasteiger partial charge >= 0.3 is 0 Å². The molecule has 2 aliphatic rings. The molecule has 1 saturated carbocycles. The number of amides is 2. The first-order valence-corrected chi connectivity index (χ1v) is 8.73. The summed E-state index contributed by atoms with van der Waals surface area (Å²) in [6, 6.07) is 5.76. The molecule has 6 nitrogen and oxygen atoms in total. The molecule has 1 aromatic heterocycles. The van der Waals surface area contributed by atoms with Crippen molar-refractivity contribution in [3.8, 4) is 0 Å². The van der Waals surface area contributed by atoms with E-state index in [-0.39, 0.29) is 23.8 Å². The zero-order valence-corrected chi connectivity index (χ0v) is 13.6. The Bertz CT molecular complexity index is 757. The number of aromatic nitrogens is 2. The normalized spacial score (nSPS) is 19.2. The van der Waals surface area contributed by atoms with Crippen molar-refractivity contribution in [2.75, 3.05) is 13.1 Å². The first-order valence-electron chi connectivity index (χ1n) is 8.73. The predicted molar refractivity (Wildman–Crippen MR) is 90.5 cm³/mol. The Labute approximate surface area is 140 Å². The van der Waals surface area contributed by atoms with Crippen molar-refractivity contribution in [2.45, 2.75) is 38.1 Å². The van der Waals surface area contributed by atoms with E-state index in [4.69, 9.17) is 0 Å². The summed E-state index contributed by atoms with van der Waals surface area (Å²) in [6.07, 6.45) is 6.52. The minimum absolute atomic E-state index is 0.0512. The Morgan fingerprint density at radius 1 is 1.17 bits per heavy atom. The van der Waals surface area contributed by atoms with Crippen LogP contribution in [-0.2, 0) is 4.79 Å². The molecule has 0 unspecified atom stereocenters. The lowest BCUT2D eigenvalue weighted by molar-refractivity contribution is -0.128. The van der Waals surface area contributed by atoms with Gasteiger partial charge < -0.3 is 15.2 Å². The van der Waals surface area contributed by atoms with Gasteiger partial charge in [0.1, 0.15) is 0 Å². The highest BCUT2D eigenvalue weighted by molar-refractivity contribution is 5.97. The fourth-order valence-corrected chi connectivity index (χ4v) is 3.47. The number of nitrogens with one attached hydrogen (secondary N) is 2. The number of likely N-dealkylation sites (tertiary alicyclic amines) is 1. The van der Waals surface area contributed by atoms with E-state index in [0.717, 1.165) is 36.7 Å². The van der Waals surface area contributed by atoms with E-state index in [1.807, 2.05) is 23.1 Å². The number of nitrogens with zero attached hydrogens (tertiary/aromatic N) is 2. The van der Waals surface area contributed by atoms with Crippen molar-refractivity contribution in [1.29, 1.82) is 0 Å². The molecule has 2 fully saturated rings. The van der Waals surface area contributed by atoms with E-state index < -0.39 is 0 Å². The molecule has 126 valence electrons. The highest BCUT2D eigenvalue weighted by atomic mass is 16.2. The third-order valence-electron chi connectivity index (χ3n) is 5.27. The van der Waals surface area contributed by atoms with Gasteiger partial charge in [-0.25, -0.2) is 4.98 Å². The largest absolute Gasteiger partial charge is 0.353 e. The summed E-state index contributed by atoms with van der Waals surface area (Å²) in [5, 5.41) is 3.15. The lowest BCUT2D eigenvalue weighted by Crippen LogP contribution is -2.48. The van der Waals surface area contributed by atoms with Gasteiger partial charge in [-0.05, 0) is 43.9 Å². The summed E-state index contributed by atoms with van der Waals surface area (Å²) < 4.78 is 0. The number of benzene rings is 1. The maximum atomic E-state index is 12.7. The molecule has 0 atom stereocenters. The number of aromatic amines is 1. The molecule has 4 rings (SSSR count). The Morgan fingerprint density at radius 3 is 2.67 bits per heavy atom. The number of hydrogen-bond acceptors (Lipinski definition) is 3. The van der Waals surface area contributed by atoms with Gasteiger partial charge in [-0.15, -0.1) is 0 Å². The summed E-state index contributed by atoms with van der Waals surface area (Å²) >= 11 is 0. The molecule has 1 saturated heterocycles. The van der Waals surface area contributed by atoms with E-state index in [1.165, 1.54) is 6.42 Å². The van der Waals surface area contributed by atoms with Gasteiger partial charge in [-0.1, -0.05) is 6.42 Å². The number of carbonyl (C=O) groups is 2. The Morgan fingerprint density at radius 2 is 1.96 bits per heavy atom. The standard InChI is InChI=1S/C18H22N4O2/c23-17(12-2-1-3-12)21-14-6-8-22(9-7-14)18(24)13-4-5-15-16(10-13)20-11-19-15/h4-5,10-12,14H,1-3,6-9H2,(H,19,20)(H,21,23). The minimum Gasteiger partial charge on any atom is -0.353 e. The molecule has 1 aliphatic heterocycles. The van der Waals surface area contributed by atoms with Crippen LogP contribution in [0.3, 0.4) is 0 Å². The fourth-order valence-electron chi connectivity index (χ4n) is 3.47. The quantitative estimate of drug-likeness (QED) is 0.906. The zero-order chi connectivity index (χ0) is 16.5. The van der Waals surface area contributed by atoms with Crippen molar-refractivity contribution in [1.82, 2.24) is 20.2 Å². The number of H-pyrrole nitrogens is 1. The van der Waals surface area contributed by atoms with Crippen LogP contribution >= 0.6 is 0 Å². The first kappa shape index (κ1) is 15.2. The third kappa shape index (κ3) is 2.88. The van der Waals surface area contributed by atoms with Crippen LogP contribution < -0.4 is 5.32 Å². The molecule has 1 aliphatic carbocycles. The second-order valence-electron chi connectivity index (χ2n) is 6.84. The van der Waals surface area contributed by atoms with Crippen LogP contribution in [0, 0.1) is 5.92 Å². The van der Waals surface area contributed by atoms with Crippen LogP contribution in [0.5, 0.6) is 0 Å². The Balaban J connectivity index is 1.34. The topological polar surface area (TPSA) is 78.1 Å². The van der Waals surface area contributed by atoms with Gasteiger partial charge in [0.25, 0.3) is 5.91 Å². The number of rotatable bonds is 3. The van der Waals surface area contributed by atoms with Gasteiger partial charge in [-0.3, -0.25) is 9.59 Å². The van der Waals surface area contributed by atoms with Gasteiger partial charge in [-0.2, -0.15) is 0 Å². The summed E-state index contributed by atoms with van der Waals surface area (Å²) in [7, 11) is 0. The summed E-state index contributed by atoms with van der Waals surface area (Å²) in [4.78, 5) is 33.8. The first-order chi connectivity index (χ1) is 11.7. The molecular formula is C18H22N4O2. The second kappa shape index (κ2) is 6.26. The summed E-state index contributed by atoms with van der Waals surface area (Å²) in [6.45, 7) is 1.38. The van der Waals surface area contributed by atoms with E-state index in [1.54, 1.807) is 6.33 Å². The number of carbonyl (C=O) groups excluding carboxylic acids is 2. The van der Waals surface area contributed by atoms with E-state index >= 15 is 0 Å². The lowest BCUT2D eigenvalue weighted by Gasteiger charge is -2.34. The highest BCUT2D eigenvalue weighted by Crippen LogP contribution is 2.27. The summed E-state index contributed by atoms with van der Waals surface area (Å²) in [5.41, 5.74) is 2.43. The van der Waals surface area contributed by atoms with Gasteiger partial charge in [0.05, 0.1) is 17.4 Å². The molecule has 2 aromatic rings. The zero-order valence-electron chi connectivity index (χ0n) is 13.6. The monoisotopic (exact) mass is 326 g/mol. The molecular weight excluding hydrogens is 304 g/mol. The Kier molecular flexibility index (Phi) is 3.96. The molecule has 1 aromatic carbocycles. The van der Waals surface area contributed by atoms with Crippen molar-refractivity contribution >= 4 is 22.8 Å². The molecule has 2 N–H and O–H groups in total. The van der Waals surface area contributed by atoms with Crippen molar-refractivity contribution < 1.29 is 9.59 Å². The number of hydrogen-bond donors (Lipinski definition) is 2. The maximum Gasteiger partial charge on any atom is 0.253 e. The van der Waals surface area contributed by atoms with Gasteiger partial charge in [0.15, 0.2) is 0 Å². The lowest BCUT2D eigenvalue weighted by atomic mass is 9.84. The van der Waals surface area contributed by atoms with E-state index in [9.17, 15) is 9.59 Å².